The van der Waals surface area contributed by atoms with Gasteiger partial charge in [0, 0.05) is 0 Å². The number of hydrogen-bond donors (Lipinski definition) is 1. The van der Waals surface area contributed by atoms with E-state index in [1.54, 1.807) is 0 Å². The number of methoxy groups -OCH3 is 3. The van der Waals surface area contributed by atoms with Gasteiger partial charge in [-0.05, 0) is 12.1 Å². The van der Waals surface area contributed by atoms with Crippen molar-refractivity contribution in [3.05, 3.63) is 17.7 Å². The van der Waals surface area contributed by atoms with E-state index in [4.69, 9.17) is 19.3 Å². The summed E-state index contributed by atoms with van der Waals surface area (Å²) in [5, 5.41) is 8.90. The number of benzene rings is 1. The first-order valence-electron chi connectivity index (χ1n) is 4.18. The summed E-state index contributed by atoms with van der Waals surface area (Å²) in [4.78, 5) is 10.9. The zero-order valence-corrected chi connectivity index (χ0v) is 8.73. The minimum absolute atomic E-state index is 0. The Kier molecular flexibility index (Phi) is 6.25. The molecule has 0 unspecified atom stereocenters. The van der Waals surface area contributed by atoms with Crippen LogP contribution in [-0.4, -0.2) is 62.0 Å². The molecule has 0 aliphatic heterocycles. The summed E-state index contributed by atoms with van der Waals surface area (Å²) in [7, 11) is 4.27. The third kappa shape index (κ3) is 2.81. The van der Waals surface area contributed by atoms with Crippen molar-refractivity contribution in [1.82, 2.24) is 0 Å². The first-order chi connectivity index (χ1) is 7.15. The molecule has 0 amide bonds. The van der Waals surface area contributed by atoms with Crippen LogP contribution in [0.25, 0.3) is 0 Å². The summed E-state index contributed by atoms with van der Waals surface area (Å²) in [6.45, 7) is 0. The van der Waals surface area contributed by atoms with Crippen molar-refractivity contribution in [3.63, 3.8) is 0 Å². The predicted molar refractivity (Wildman–Crippen MR) is 60.2 cm³/mol. The van der Waals surface area contributed by atoms with E-state index in [1.807, 2.05) is 0 Å². The second-order valence-electron chi connectivity index (χ2n) is 2.69. The van der Waals surface area contributed by atoms with Gasteiger partial charge < -0.3 is 19.3 Å². The number of ether oxygens (including phenoxy) is 3. The molecule has 6 heteroatoms. The summed E-state index contributed by atoms with van der Waals surface area (Å²) < 4.78 is 15.0. The molecule has 0 aliphatic rings. The average molecular weight is 236 g/mol. The average Bonchev–Trinajstić information content (AvgIpc) is 2.26. The minimum atomic E-state index is -1.08. The summed E-state index contributed by atoms with van der Waals surface area (Å²) in [6.07, 6.45) is 0. The normalized spacial score (nSPS) is 8.94. The van der Waals surface area contributed by atoms with Gasteiger partial charge in [0.25, 0.3) is 0 Å². The molecule has 1 N–H and O–H groups in total. The summed E-state index contributed by atoms with van der Waals surface area (Å²) >= 11 is 0. The fourth-order valence-corrected chi connectivity index (χ4v) is 1.27. The standard InChI is InChI=1S/C10H12O5.Na.H/c1-13-7-5-4-6(10(11)12)8(14-2)9(7)15-3;;/h4-5H,1-3H3,(H,11,12);;. The number of rotatable bonds is 4. The van der Waals surface area contributed by atoms with Crippen molar-refractivity contribution in [2.75, 3.05) is 21.3 Å². The molecule has 0 radical (unpaired) electrons. The summed E-state index contributed by atoms with van der Waals surface area (Å²) in [5.74, 6) is -0.212. The van der Waals surface area contributed by atoms with Crippen LogP contribution in [0.3, 0.4) is 0 Å². The first kappa shape index (κ1) is 15.1. The van der Waals surface area contributed by atoms with E-state index in [9.17, 15) is 4.79 Å². The molecule has 1 rings (SSSR count). The molecule has 84 valence electrons. The maximum atomic E-state index is 10.9. The van der Waals surface area contributed by atoms with E-state index in [2.05, 4.69) is 0 Å². The van der Waals surface area contributed by atoms with Crippen LogP contribution in [0, 0.1) is 0 Å². The molecule has 0 spiro atoms. The monoisotopic (exact) mass is 236 g/mol. The Bertz CT molecular complexity index is 378. The van der Waals surface area contributed by atoms with Crippen LogP contribution in [0.1, 0.15) is 10.4 Å². The molecular weight excluding hydrogens is 223 g/mol. The van der Waals surface area contributed by atoms with Gasteiger partial charge in [0.2, 0.25) is 5.75 Å². The van der Waals surface area contributed by atoms with Gasteiger partial charge in [-0.2, -0.15) is 0 Å². The Morgan fingerprint density at radius 1 is 1.06 bits per heavy atom. The third-order valence-electron chi connectivity index (χ3n) is 1.93. The van der Waals surface area contributed by atoms with E-state index in [0.29, 0.717) is 5.75 Å². The van der Waals surface area contributed by atoms with Gasteiger partial charge in [0.1, 0.15) is 5.56 Å². The van der Waals surface area contributed by atoms with Crippen LogP contribution in [0.15, 0.2) is 12.1 Å². The molecule has 0 aromatic heterocycles. The first-order valence-corrected chi connectivity index (χ1v) is 4.18. The molecule has 5 nitrogen and oxygen atoms in total. The van der Waals surface area contributed by atoms with Crippen LogP contribution in [0.5, 0.6) is 17.2 Å². The van der Waals surface area contributed by atoms with Crippen molar-refractivity contribution >= 4 is 35.5 Å². The Balaban J connectivity index is 0.00000225. The second kappa shape index (κ2) is 6.62. The number of carbonyl (C=O) groups is 1. The predicted octanol–water partition coefficient (Wildman–Crippen LogP) is 0.762. The number of carboxylic acids is 1. The van der Waals surface area contributed by atoms with Crippen LogP contribution >= 0.6 is 0 Å². The summed E-state index contributed by atoms with van der Waals surface area (Å²) in [6, 6.07) is 2.92. The van der Waals surface area contributed by atoms with Crippen LogP contribution in [0.2, 0.25) is 0 Å². The third-order valence-corrected chi connectivity index (χ3v) is 1.93. The number of carboxylic acid groups (broad SMARTS) is 1. The van der Waals surface area contributed by atoms with Crippen molar-refractivity contribution in [3.8, 4) is 17.2 Å². The van der Waals surface area contributed by atoms with Gasteiger partial charge in [0.05, 0.1) is 21.3 Å². The van der Waals surface area contributed by atoms with Gasteiger partial charge in [-0.1, -0.05) is 0 Å². The molecule has 0 fully saturated rings. The van der Waals surface area contributed by atoms with E-state index in [-0.39, 0.29) is 46.6 Å². The number of aromatic carboxylic acids is 1. The molecule has 0 bridgehead atoms. The van der Waals surface area contributed by atoms with Gasteiger partial charge >= 0.3 is 35.5 Å². The van der Waals surface area contributed by atoms with Crippen molar-refractivity contribution in [2.24, 2.45) is 0 Å². The molecule has 0 saturated heterocycles. The van der Waals surface area contributed by atoms with Crippen LogP contribution in [0.4, 0.5) is 0 Å². The van der Waals surface area contributed by atoms with Crippen LogP contribution < -0.4 is 14.2 Å². The fraction of sp³-hybridized carbons (Fsp3) is 0.300. The second-order valence-corrected chi connectivity index (χ2v) is 2.69. The van der Waals surface area contributed by atoms with E-state index in [1.165, 1.54) is 33.5 Å². The maximum absolute atomic E-state index is 10.9. The quantitative estimate of drug-likeness (QED) is 0.782. The SMILES string of the molecule is COc1ccc(C(=O)O)c(OC)c1OC.[NaH]. The van der Waals surface area contributed by atoms with Gasteiger partial charge in [0.15, 0.2) is 11.5 Å². The van der Waals surface area contributed by atoms with Gasteiger partial charge in [-0.3, -0.25) is 0 Å². The van der Waals surface area contributed by atoms with E-state index < -0.39 is 5.97 Å². The molecule has 1 aromatic carbocycles. The van der Waals surface area contributed by atoms with Crippen molar-refractivity contribution in [1.29, 1.82) is 0 Å². The molecule has 0 atom stereocenters. The van der Waals surface area contributed by atoms with E-state index in [0.717, 1.165) is 0 Å². The van der Waals surface area contributed by atoms with Crippen LogP contribution in [-0.2, 0) is 0 Å². The molecule has 0 aliphatic carbocycles. The topological polar surface area (TPSA) is 65.0 Å². The Morgan fingerprint density at radius 2 is 1.62 bits per heavy atom. The molecule has 1 aromatic rings. The van der Waals surface area contributed by atoms with Crippen molar-refractivity contribution in [2.45, 2.75) is 0 Å². The Labute approximate surface area is 116 Å². The van der Waals surface area contributed by atoms with E-state index >= 15 is 0 Å². The molecule has 0 heterocycles. The number of hydrogen-bond acceptors (Lipinski definition) is 4. The zero-order valence-electron chi connectivity index (χ0n) is 8.73. The summed E-state index contributed by atoms with van der Waals surface area (Å²) in [5.41, 5.74) is 0.0372. The molecule has 0 saturated carbocycles. The molecular formula is C10H13NaO5. The van der Waals surface area contributed by atoms with Gasteiger partial charge in [-0.15, -0.1) is 0 Å². The molecule has 16 heavy (non-hydrogen) atoms. The van der Waals surface area contributed by atoms with Gasteiger partial charge in [-0.25, -0.2) is 4.79 Å². The fourth-order valence-electron chi connectivity index (χ4n) is 1.27. The zero-order chi connectivity index (χ0) is 11.4. The Morgan fingerprint density at radius 3 is 2.00 bits per heavy atom. The van der Waals surface area contributed by atoms with Crippen molar-refractivity contribution < 1.29 is 24.1 Å². The Hall–Kier alpha value is -0.910.